The topological polar surface area (TPSA) is 124 Å². The Balaban J connectivity index is 1.39. The van der Waals surface area contributed by atoms with Gasteiger partial charge in [-0.1, -0.05) is 18.2 Å². The van der Waals surface area contributed by atoms with E-state index in [-0.39, 0.29) is 17.5 Å². The van der Waals surface area contributed by atoms with Crippen molar-refractivity contribution < 1.29 is 14.7 Å². The highest BCUT2D eigenvalue weighted by Gasteiger charge is 2.23. The number of aromatic nitrogens is 3. The van der Waals surface area contributed by atoms with Crippen LogP contribution in [0.2, 0.25) is 0 Å². The van der Waals surface area contributed by atoms with Crippen molar-refractivity contribution in [2.75, 3.05) is 42.7 Å². The molecule has 1 aliphatic heterocycles. The van der Waals surface area contributed by atoms with E-state index in [1.54, 1.807) is 24.4 Å². The predicted molar refractivity (Wildman–Crippen MR) is 156 cm³/mol. The quantitative estimate of drug-likeness (QED) is 0.278. The molecule has 0 aliphatic carbocycles. The highest BCUT2D eigenvalue weighted by atomic mass is 16.4. The molecule has 4 aromatic rings. The molecular formula is C30H33N7O3. The highest BCUT2D eigenvalue weighted by molar-refractivity contribution is 6.05. The molecule has 5 rings (SSSR count). The van der Waals surface area contributed by atoms with Crippen LogP contribution in [0.4, 0.5) is 17.3 Å². The molecule has 1 aliphatic rings. The van der Waals surface area contributed by atoms with Gasteiger partial charge in [0.2, 0.25) is 0 Å². The van der Waals surface area contributed by atoms with Gasteiger partial charge in [0.05, 0.1) is 17.1 Å². The Morgan fingerprint density at radius 2 is 1.93 bits per heavy atom. The van der Waals surface area contributed by atoms with Gasteiger partial charge >= 0.3 is 5.97 Å². The van der Waals surface area contributed by atoms with E-state index < -0.39 is 5.97 Å². The van der Waals surface area contributed by atoms with Gasteiger partial charge in [0.1, 0.15) is 18.0 Å². The number of carbonyl (C=O) groups is 2. The Labute approximate surface area is 233 Å². The van der Waals surface area contributed by atoms with Crippen LogP contribution in [0.25, 0.3) is 10.9 Å². The van der Waals surface area contributed by atoms with Crippen LogP contribution in [-0.2, 0) is 0 Å². The van der Waals surface area contributed by atoms with E-state index in [1.807, 2.05) is 49.3 Å². The molecular weight excluding hydrogens is 506 g/mol. The maximum absolute atomic E-state index is 13.2. The van der Waals surface area contributed by atoms with E-state index in [0.29, 0.717) is 40.6 Å². The largest absolute Gasteiger partial charge is 0.478 e. The zero-order valence-electron chi connectivity index (χ0n) is 22.8. The van der Waals surface area contributed by atoms with Crippen LogP contribution in [0.3, 0.4) is 0 Å². The lowest BCUT2D eigenvalue weighted by molar-refractivity contribution is 0.0698. The summed E-state index contributed by atoms with van der Waals surface area (Å²) in [5, 5.41) is 16.7. The van der Waals surface area contributed by atoms with Crippen LogP contribution in [0.15, 0.2) is 67.1 Å². The summed E-state index contributed by atoms with van der Waals surface area (Å²) in [5.41, 5.74) is 2.65. The summed E-state index contributed by atoms with van der Waals surface area (Å²) < 4.78 is 0. The normalized spacial score (nSPS) is 15.8. The van der Waals surface area contributed by atoms with Gasteiger partial charge in [-0.3, -0.25) is 4.79 Å². The number of nitrogens with zero attached hydrogens (tertiary/aromatic N) is 5. The van der Waals surface area contributed by atoms with Gasteiger partial charge in [0.25, 0.3) is 5.91 Å². The van der Waals surface area contributed by atoms with Crippen LogP contribution in [0.1, 0.15) is 52.1 Å². The van der Waals surface area contributed by atoms with Crippen molar-refractivity contribution in [1.29, 1.82) is 0 Å². The summed E-state index contributed by atoms with van der Waals surface area (Å²) in [6.07, 6.45) is 5.30. The number of benzene rings is 2. The van der Waals surface area contributed by atoms with Crippen LogP contribution < -0.4 is 15.5 Å². The zero-order chi connectivity index (χ0) is 28.2. The summed E-state index contributed by atoms with van der Waals surface area (Å²) >= 11 is 0. The lowest BCUT2D eigenvalue weighted by atomic mass is 10.0. The van der Waals surface area contributed by atoms with Gasteiger partial charge in [0, 0.05) is 42.0 Å². The number of para-hydroxylation sites is 1. The van der Waals surface area contributed by atoms with E-state index in [2.05, 4.69) is 37.4 Å². The molecule has 0 spiro atoms. The maximum Gasteiger partial charge on any atom is 0.337 e. The second kappa shape index (κ2) is 11.7. The Hall–Kier alpha value is -4.57. The van der Waals surface area contributed by atoms with Crippen LogP contribution in [0, 0.1) is 0 Å². The molecule has 2 aromatic carbocycles. The first kappa shape index (κ1) is 27.0. The number of hydrogen-bond acceptors (Lipinski definition) is 8. The second-order valence-electron chi connectivity index (χ2n) is 10.4. The van der Waals surface area contributed by atoms with Gasteiger partial charge in [-0.2, -0.15) is 0 Å². The number of hydrogen-bond donors (Lipinski definition) is 3. The zero-order valence-corrected chi connectivity index (χ0v) is 22.8. The number of likely N-dealkylation sites (N-methyl/N-ethyl adjacent to an activating group) is 1. The Bertz CT molecular complexity index is 1540. The lowest BCUT2D eigenvalue weighted by Crippen LogP contribution is -2.27. The third-order valence-electron chi connectivity index (χ3n) is 7.16. The molecule has 1 fully saturated rings. The number of pyridine rings is 1. The van der Waals surface area contributed by atoms with E-state index in [0.717, 1.165) is 30.8 Å². The number of carbonyl (C=O) groups excluding carboxylic acids is 1. The third kappa shape index (κ3) is 5.86. The van der Waals surface area contributed by atoms with Crippen molar-refractivity contribution in [3.8, 4) is 0 Å². The number of amides is 1. The van der Waals surface area contributed by atoms with Crippen LogP contribution >= 0.6 is 0 Å². The van der Waals surface area contributed by atoms with Crippen LogP contribution in [0.5, 0.6) is 0 Å². The molecule has 0 radical (unpaired) electrons. The van der Waals surface area contributed by atoms with Crippen molar-refractivity contribution in [2.24, 2.45) is 0 Å². The third-order valence-corrected chi connectivity index (χ3v) is 7.16. The summed E-state index contributed by atoms with van der Waals surface area (Å²) in [6, 6.07) is 16.5. The molecule has 10 nitrogen and oxygen atoms in total. The molecule has 3 N–H and O–H groups in total. The fourth-order valence-corrected chi connectivity index (χ4v) is 5.17. The average molecular weight is 540 g/mol. The molecule has 2 aromatic heterocycles. The van der Waals surface area contributed by atoms with Crippen molar-refractivity contribution in [3.63, 3.8) is 0 Å². The Kier molecular flexibility index (Phi) is 7.88. The fraction of sp³-hybridized carbons (Fsp3) is 0.300. The molecule has 0 saturated carbocycles. The minimum absolute atomic E-state index is 0.121. The molecule has 10 heteroatoms. The minimum atomic E-state index is -1.04. The fourth-order valence-electron chi connectivity index (χ4n) is 5.17. The number of aromatic carboxylic acids is 1. The Morgan fingerprint density at radius 3 is 2.67 bits per heavy atom. The summed E-state index contributed by atoms with van der Waals surface area (Å²) in [5.74, 6) is 0.118. The predicted octanol–water partition coefficient (Wildman–Crippen LogP) is 4.68. The average Bonchev–Trinajstić information content (AvgIpc) is 3.38. The van der Waals surface area contributed by atoms with Crippen molar-refractivity contribution in [3.05, 3.63) is 83.8 Å². The summed E-state index contributed by atoms with van der Waals surface area (Å²) in [6.45, 7) is 3.75. The smallest absolute Gasteiger partial charge is 0.337 e. The maximum atomic E-state index is 13.2. The van der Waals surface area contributed by atoms with Gasteiger partial charge in [-0.25, -0.2) is 19.7 Å². The number of rotatable bonds is 9. The highest BCUT2D eigenvalue weighted by Crippen LogP contribution is 2.28. The Morgan fingerprint density at radius 1 is 1.10 bits per heavy atom. The second-order valence-corrected chi connectivity index (χ2v) is 10.4. The summed E-state index contributed by atoms with van der Waals surface area (Å²) in [4.78, 5) is 42.3. The van der Waals surface area contributed by atoms with Gasteiger partial charge in [-0.15, -0.1) is 0 Å². The van der Waals surface area contributed by atoms with Crippen molar-refractivity contribution in [2.45, 2.75) is 31.8 Å². The molecule has 40 heavy (non-hydrogen) atoms. The first-order valence-corrected chi connectivity index (χ1v) is 13.3. The number of fused-ring (bicyclic) bond motifs is 1. The number of carboxylic acid groups (broad SMARTS) is 1. The SMILES string of the molecule is CC1CCCN1c1cc(C(=O)Nc2cccc(C(CN(C)C)Nc3ncnc4c(C(=O)O)cccc34)c2)ccn1. The van der Waals surface area contributed by atoms with Crippen molar-refractivity contribution >= 4 is 40.1 Å². The van der Waals surface area contributed by atoms with E-state index in [9.17, 15) is 14.7 Å². The molecule has 206 valence electrons. The van der Waals surface area contributed by atoms with E-state index >= 15 is 0 Å². The number of carboxylic acids is 1. The molecule has 2 atom stereocenters. The van der Waals surface area contributed by atoms with Gasteiger partial charge < -0.3 is 25.5 Å². The number of anilines is 3. The standard InChI is InChI=1S/C30H33N7O3/c1-19-7-6-14-37(19)26-16-21(12-13-31-26)29(38)34-22-9-4-8-20(15-22)25(17-36(2)3)35-28-23-10-5-11-24(30(39)40)27(23)32-18-33-28/h4-5,8-13,15-16,18-19,25H,6-7,14,17H2,1-3H3,(H,34,38)(H,39,40)(H,32,33,35). The molecule has 0 bridgehead atoms. The lowest BCUT2D eigenvalue weighted by Gasteiger charge is -2.24. The van der Waals surface area contributed by atoms with Gasteiger partial charge in [-0.05, 0) is 75.8 Å². The summed E-state index contributed by atoms with van der Waals surface area (Å²) in [7, 11) is 3.95. The molecule has 2 unspecified atom stereocenters. The monoisotopic (exact) mass is 539 g/mol. The first-order chi connectivity index (χ1) is 19.3. The van der Waals surface area contributed by atoms with Crippen molar-refractivity contribution in [1.82, 2.24) is 19.9 Å². The van der Waals surface area contributed by atoms with Gasteiger partial charge in [0.15, 0.2) is 0 Å². The first-order valence-electron chi connectivity index (χ1n) is 13.3. The minimum Gasteiger partial charge on any atom is -0.478 e. The molecule has 3 heterocycles. The molecule has 1 amide bonds. The number of nitrogens with one attached hydrogen (secondary N) is 2. The molecule has 1 saturated heterocycles. The van der Waals surface area contributed by atoms with E-state index in [1.165, 1.54) is 12.4 Å². The van der Waals surface area contributed by atoms with E-state index in [4.69, 9.17) is 0 Å². The van der Waals surface area contributed by atoms with Crippen LogP contribution in [-0.4, -0.2) is 70.1 Å².